The van der Waals surface area contributed by atoms with Crippen molar-refractivity contribution in [2.24, 2.45) is 11.7 Å². The maximum atomic E-state index is 12.5. The number of para-hydroxylation sites is 1. The summed E-state index contributed by atoms with van der Waals surface area (Å²) in [5.74, 6) is 0.660. The van der Waals surface area contributed by atoms with Crippen LogP contribution in [0.4, 0.5) is 0 Å². The number of halogens is 1. The number of benzene rings is 1. The average molecular weight is 337 g/mol. The molecule has 0 amide bonds. The summed E-state index contributed by atoms with van der Waals surface area (Å²) < 4.78 is 32.9. The zero-order valence-electron chi connectivity index (χ0n) is 12.9. The van der Waals surface area contributed by atoms with Crippen molar-refractivity contribution in [3.63, 3.8) is 0 Å². The molecule has 1 unspecified atom stereocenters. The van der Waals surface area contributed by atoms with E-state index in [9.17, 15) is 8.42 Å². The summed E-state index contributed by atoms with van der Waals surface area (Å²) in [5, 5.41) is 0. The first-order valence-electron chi connectivity index (χ1n) is 6.61. The van der Waals surface area contributed by atoms with Crippen molar-refractivity contribution in [1.82, 2.24) is 4.72 Å². The van der Waals surface area contributed by atoms with Crippen molar-refractivity contribution in [2.75, 3.05) is 13.7 Å². The maximum absolute atomic E-state index is 12.5. The van der Waals surface area contributed by atoms with Crippen LogP contribution in [0, 0.1) is 5.92 Å². The Morgan fingerprint density at radius 2 is 1.90 bits per heavy atom. The Labute approximate surface area is 133 Å². The van der Waals surface area contributed by atoms with E-state index >= 15 is 0 Å². The molecule has 21 heavy (non-hydrogen) atoms. The number of sulfonamides is 1. The summed E-state index contributed by atoms with van der Waals surface area (Å²) in [4.78, 5) is 0.130. The fraction of sp³-hybridized carbons (Fsp3) is 0.571. The topological polar surface area (TPSA) is 81.4 Å². The van der Waals surface area contributed by atoms with Crippen LogP contribution in [0.3, 0.4) is 0 Å². The van der Waals surface area contributed by atoms with Gasteiger partial charge in [-0.2, -0.15) is 0 Å². The molecule has 0 spiro atoms. The van der Waals surface area contributed by atoms with Crippen LogP contribution in [0.25, 0.3) is 0 Å². The highest BCUT2D eigenvalue weighted by molar-refractivity contribution is 7.89. The highest BCUT2D eigenvalue weighted by Crippen LogP contribution is 2.25. The van der Waals surface area contributed by atoms with Crippen LogP contribution in [-0.2, 0) is 10.0 Å². The second-order valence-electron chi connectivity index (χ2n) is 5.62. The second kappa shape index (κ2) is 7.98. The normalized spacial score (nSPS) is 14.4. The number of methoxy groups -OCH3 is 1. The lowest BCUT2D eigenvalue weighted by Crippen LogP contribution is -2.52. The third kappa shape index (κ3) is 5.47. The van der Waals surface area contributed by atoms with Crippen molar-refractivity contribution >= 4 is 22.4 Å². The molecule has 7 heteroatoms. The van der Waals surface area contributed by atoms with Crippen molar-refractivity contribution in [3.05, 3.63) is 24.3 Å². The van der Waals surface area contributed by atoms with Gasteiger partial charge in [0.2, 0.25) is 10.0 Å². The molecule has 1 aromatic rings. The molecule has 0 bridgehead atoms. The minimum Gasteiger partial charge on any atom is -0.495 e. The van der Waals surface area contributed by atoms with E-state index in [2.05, 4.69) is 4.72 Å². The Morgan fingerprint density at radius 3 is 2.38 bits per heavy atom. The minimum atomic E-state index is -3.67. The molecule has 0 aromatic heterocycles. The zero-order chi connectivity index (χ0) is 15.4. The molecule has 1 aromatic carbocycles. The first kappa shape index (κ1) is 20.2. The van der Waals surface area contributed by atoms with Gasteiger partial charge in [0.05, 0.1) is 7.11 Å². The summed E-state index contributed by atoms with van der Waals surface area (Å²) >= 11 is 0. The van der Waals surface area contributed by atoms with Gasteiger partial charge < -0.3 is 10.5 Å². The Balaban J connectivity index is 0.00000400. The van der Waals surface area contributed by atoms with E-state index in [-0.39, 0.29) is 23.8 Å². The van der Waals surface area contributed by atoms with Gasteiger partial charge in [0.1, 0.15) is 10.6 Å². The smallest absolute Gasteiger partial charge is 0.244 e. The predicted molar refractivity (Wildman–Crippen MR) is 87.5 cm³/mol. The van der Waals surface area contributed by atoms with E-state index in [1.54, 1.807) is 18.2 Å². The molecule has 122 valence electrons. The maximum Gasteiger partial charge on any atom is 0.244 e. The van der Waals surface area contributed by atoms with E-state index < -0.39 is 15.6 Å². The van der Waals surface area contributed by atoms with Crippen LogP contribution < -0.4 is 15.2 Å². The minimum absolute atomic E-state index is 0. The lowest BCUT2D eigenvalue weighted by Gasteiger charge is -2.31. The average Bonchev–Trinajstić information content (AvgIpc) is 2.37. The van der Waals surface area contributed by atoms with E-state index in [0.29, 0.717) is 18.1 Å². The van der Waals surface area contributed by atoms with Gasteiger partial charge in [-0.15, -0.1) is 12.4 Å². The largest absolute Gasteiger partial charge is 0.495 e. The van der Waals surface area contributed by atoms with Crippen LogP contribution in [0.2, 0.25) is 0 Å². The van der Waals surface area contributed by atoms with Gasteiger partial charge in [0, 0.05) is 12.1 Å². The Bertz CT molecular complexity index is 549. The first-order valence-corrected chi connectivity index (χ1v) is 8.09. The molecule has 0 saturated carbocycles. The molecule has 3 N–H and O–H groups in total. The Morgan fingerprint density at radius 1 is 1.33 bits per heavy atom. The van der Waals surface area contributed by atoms with Crippen LogP contribution in [-0.4, -0.2) is 27.6 Å². The summed E-state index contributed by atoms with van der Waals surface area (Å²) in [5.41, 5.74) is 5.08. The summed E-state index contributed by atoms with van der Waals surface area (Å²) in [7, 11) is -2.22. The number of ether oxygens (including phenoxy) is 1. The molecule has 0 heterocycles. The van der Waals surface area contributed by atoms with E-state index in [4.69, 9.17) is 10.5 Å². The van der Waals surface area contributed by atoms with Crippen LogP contribution in [0.15, 0.2) is 29.2 Å². The van der Waals surface area contributed by atoms with Crippen molar-refractivity contribution in [2.45, 2.75) is 37.6 Å². The molecule has 1 atom stereocenters. The monoisotopic (exact) mass is 336 g/mol. The fourth-order valence-corrected chi connectivity index (χ4v) is 3.89. The molecule has 0 fully saturated rings. The number of nitrogens with one attached hydrogen (secondary N) is 1. The quantitative estimate of drug-likeness (QED) is 0.799. The fourth-order valence-electron chi connectivity index (χ4n) is 2.29. The van der Waals surface area contributed by atoms with Gasteiger partial charge in [-0.1, -0.05) is 26.0 Å². The number of hydrogen-bond acceptors (Lipinski definition) is 4. The van der Waals surface area contributed by atoms with Crippen LogP contribution in [0.1, 0.15) is 27.2 Å². The van der Waals surface area contributed by atoms with E-state index in [0.717, 1.165) is 0 Å². The molecule has 1 rings (SSSR count). The van der Waals surface area contributed by atoms with Crippen LogP contribution in [0.5, 0.6) is 5.75 Å². The number of hydrogen-bond donors (Lipinski definition) is 2. The van der Waals surface area contributed by atoms with Gasteiger partial charge in [-0.05, 0) is 31.4 Å². The molecule has 0 saturated heterocycles. The third-order valence-electron chi connectivity index (χ3n) is 3.05. The lowest BCUT2D eigenvalue weighted by atomic mass is 9.92. The Hall–Kier alpha value is -0.820. The first-order chi connectivity index (χ1) is 9.24. The molecule has 0 aliphatic heterocycles. The highest BCUT2D eigenvalue weighted by Gasteiger charge is 2.31. The van der Waals surface area contributed by atoms with E-state index in [1.807, 2.05) is 20.8 Å². The molecule has 0 aliphatic carbocycles. The number of nitrogens with two attached hydrogens (primary N) is 1. The Kier molecular flexibility index (Phi) is 7.67. The highest BCUT2D eigenvalue weighted by atomic mass is 35.5. The summed E-state index contributed by atoms with van der Waals surface area (Å²) in [6, 6.07) is 6.54. The van der Waals surface area contributed by atoms with Crippen molar-refractivity contribution < 1.29 is 13.2 Å². The summed E-state index contributed by atoms with van der Waals surface area (Å²) in [6.45, 7) is 6.12. The second-order valence-corrected chi connectivity index (χ2v) is 7.27. The van der Waals surface area contributed by atoms with Crippen molar-refractivity contribution in [3.8, 4) is 5.75 Å². The predicted octanol–water partition coefficient (Wildman–Crippen LogP) is 2.16. The number of rotatable bonds is 7. The standard InChI is InChI=1S/C14H24N2O3S.ClH/c1-11(2)9-14(3,10-15)16-20(17,18)13-8-6-5-7-12(13)19-4;/h5-8,11,16H,9-10,15H2,1-4H3;1H. The van der Waals surface area contributed by atoms with Gasteiger partial charge in [-0.3, -0.25) is 0 Å². The molecule has 0 aliphatic rings. The van der Waals surface area contributed by atoms with Gasteiger partial charge in [0.25, 0.3) is 0 Å². The summed E-state index contributed by atoms with van der Waals surface area (Å²) in [6.07, 6.45) is 0.665. The lowest BCUT2D eigenvalue weighted by molar-refractivity contribution is 0.343. The van der Waals surface area contributed by atoms with Crippen molar-refractivity contribution in [1.29, 1.82) is 0 Å². The third-order valence-corrected chi connectivity index (χ3v) is 4.73. The molecule has 0 radical (unpaired) electrons. The van der Waals surface area contributed by atoms with Gasteiger partial charge in [-0.25, -0.2) is 13.1 Å². The molecular formula is C14H25ClN2O3S. The van der Waals surface area contributed by atoms with Gasteiger partial charge >= 0.3 is 0 Å². The van der Waals surface area contributed by atoms with E-state index in [1.165, 1.54) is 13.2 Å². The van der Waals surface area contributed by atoms with Crippen LogP contribution >= 0.6 is 12.4 Å². The molecular weight excluding hydrogens is 312 g/mol. The van der Waals surface area contributed by atoms with Gasteiger partial charge in [0.15, 0.2) is 0 Å². The zero-order valence-corrected chi connectivity index (χ0v) is 14.6. The SMILES string of the molecule is COc1ccccc1S(=O)(=O)NC(C)(CN)CC(C)C.Cl. The molecule has 5 nitrogen and oxygen atoms in total.